The minimum Gasteiger partial charge on any atom is -0.494 e. The average molecular weight is 342 g/mol. The van der Waals surface area contributed by atoms with Crippen LogP contribution in [0, 0.1) is 5.82 Å². The summed E-state index contributed by atoms with van der Waals surface area (Å²) in [6, 6.07) is 13.0. The van der Waals surface area contributed by atoms with Crippen molar-refractivity contribution in [1.29, 1.82) is 0 Å². The van der Waals surface area contributed by atoms with Crippen LogP contribution in [0.25, 0.3) is 6.08 Å². The number of carbonyl (C=O) groups excluding carboxylic acids is 1. The van der Waals surface area contributed by atoms with Gasteiger partial charge in [-0.1, -0.05) is 24.6 Å². The van der Waals surface area contributed by atoms with Crippen molar-refractivity contribution < 1.29 is 19.0 Å². The van der Waals surface area contributed by atoms with Crippen LogP contribution in [0.1, 0.15) is 41.6 Å². The minimum atomic E-state index is -0.299. The summed E-state index contributed by atoms with van der Waals surface area (Å²) in [6.07, 6.45) is 6.96. The molecule has 0 radical (unpaired) electrons. The Hall–Kier alpha value is -2.46. The van der Waals surface area contributed by atoms with E-state index in [1.54, 1.807) is 42.5 Å². The second-order valence-electron chi connectivity index (χ2n) is 5.76. The van der Waals surface area contributed by atoms with Crippen molar-refractivity contribution in [2.75, 3.05) is 13.2 Å². The molecule has 25 heavy (non-hydrogen) atoms. The van der Waals surface area contributed by atoms with Crippen molar-refractivity contribution in [3.8, 4) is 5.75 Å². The van der Waals surface area contributed by atoms with Gasteiger partial charge in [-0.25, -0.2) is 4.39 Å². The zero-order valence-corrected chi connectivity index (χ0v) is 14.2. The second kappa shape index (κ2) is 10.4. The molecule has 0 aliphatic heterocycles. The van der Waals surface area contributed by atoms with Gasteiger partial charge in [-0.15, -0.1) is 0 Å². The van der Waals surface area contributed by atoms with Gasteiger partial charge in [0.25, 0.3) is 0 Å². The monoisotopic (exact) mass is 342 g/mol. The highest BCUT2D eigenvalue weighted by Gasteiger charge is 2.02. The van der Waals surface area contributed by atoms with Crippen LogP contribution in [0.2, 0.25) is 0 Å². The van der Waals surface area contributed by atoms with E-state index in [1.807, 2.05) is 0 Å². The molecule has 3 nitrogen and oxygen atoms in total. The van der Waals surface area contributed by atoms with E-state index in [-0.39, 0.29) is 18.2 Å². The van der Waals surface area contributed by atoms with Crippen LogP contribution in [0.3, 0.4) is 0 Å². The zero-order chi connectivity index (χ0) is 17.9. The SMILES string of the molecule is O=C(C=Cc1ccc(F)cc1)c1ccc(OCCCCCCO)cc1. The van der Waals surface area contributed by atoms with Gasteiger partial charge in [-0.05, 0) is 67.3 Å². The van der Waals surface area contributed by atoms with Gasteiger partial charge in [0.15, 0.2) is 5.78 Å². The normalized spacial score (nSPS) is 11.0. The summed E-state index contributed by atoms with van der Waals surface area (Å²) < 4.78 is 18.5. The molecule has 0 fully saturated rings. The highest BCUT2D eigenvalue weighted by atomic mass is 19.1. The fourth-order valence-corrected chi connectivity index (χ4v) is 2.31. The Morgan fingerprint density at radius 1 is 0.960 bits per heavy atom. The van der Waals surface area contributed by atoms with Crippen LogP contribution in [0.5, 0.6) is 5.75 Å². The fraction of sp³-hybridized carbons (Fsp3) is 0.286. The number of carbonyl (C=O) groups is 1. The van der Waals surface area contributed by atoms with Crippen molar-refractivity contribution in [2.24, 2.45) is 0 Å². The van der Waals surface area contributed by atoms with Gasteiger partial charge in [0, 0.05) is 12.2 Å². The molecule has 0 amide bonds. The lowest BCUT2D eigenvalue weighted by atomic mass is 10.1. The molecule has 2 aromatic carbocycles. The third kappa shape index (κ3) is 6.89. The summed E-state index contributed by atoms with van der Waals surface area (Å²) in [5.74, 6) is 0.327. The quantitative estimate of drug-likeness (QED) is 0.388. The van der Waals surface area contributed by atoms with Gasteiger partial charge in [-0.3, -0.25) is 4.79 Å². The van der Waals surface area contributed by atoms with Crippen LogP contribution in [-0.2, 0) is 0 Å². The molecule has 0 bridgehead atoms. The summed E-state index contributed by atoms with van der Waals surface area (Å²) in [5, 5.41) is 8.71. The molecule has 0 aliphatic rings. The van der Waals surface area contributed by atoms with E-state index < -0.39 is 0 Å². The third-order valence-electron chi connectivity index (χ3n) is 3.76. The molecule has 2 rings (SSSR count). The number of aliphatic hydroxyl groups excluding tert-OH is 1. The van der Waals surface area contributed by atoms with Crippen LogP contribution in [0.4, 0.5) is 4.39 Å². The summed E-state index contributed by atoms with van der Waals surface area (Å²) >= 11 is 0. The first kappa shape index (κ1) is 18.9. The molecule has 0 saturated heterocycles. The summed E-state index contributed by atoms with van der Waals surface area (Å²) in [7, 11) is 0. The van der Waals surface area contributed by atoms with Gasteiger partial charge in [-0.2, -0.15) is 0 Å². The summed E-state index contributed by atoms with van der Waals surface area (Å²) in [4.78, 5) is 12.1. The van der Waals surface area contributed by atoms with E-state index in [2.05, 4.69) is 0 Å². The van der Waals surface area contributed by atoms with Crippen molar-refractivity contribution in [1.82, 2.24) is 0 Å². The second-order valence-corrected chi connectivity index (χ2v) is 5.76. The number of benzene rings is 2. The predicted molar refractivity (Wildman–Crippen MR) is 97.3 cm³/mol. The standard InChI is InChI=1S/C21H23FO3/c22-19-10-5-17(6-11-19)7-14-21(24)18-8-12-20(13-9-18)25-16-4-2-1-3-15-23/h5-14,23H,1-4,15-16H2. The Morgan fingerprint density at radius 2 is 1.64 bits per heavy atom. The number of ether oxygens (including phenoxy) is 1. The van der Waals surface area contributed by atoms with Gasteiger partial charge in [0.2, 0.25) is 0 Å². The van der Waals surface area contributed by atoms with E-state index in [1.165, 1.54) is 18.2 Å². The molecule has 0 heterocycles. The Labute approximate surface area is 147 Å². The van der Waals surface area contributed by atoms with E-state index >= 15 is 0 Å². The average Bonchev–Trinajstić information content (AvgIpc) is 2.64. The maximum atomic E-state index is 12.8. The molecule has 0 saturated carbocycles. The fourth-order valence-electron chi connectivity index (χ4n) is 2.31. The molecule has 0 atom stereocenters. The van der Waals surface area contributed by atoms with Crippen molar-refractivity contribution >= 4 is 11.9 Å². The number of rotatable bonds is 10. The largest absolute Gasteiger partial charge is 0.494 e. The molecule has 0 aromatic heterocycles. The maximum Gasteiger partial charge on any atom is 0.185 e. The van der Waals surface area contributed by atoms with Crippen molar-refractivity contribution in [2.45, 2.75) is 25.7 Å². The lowest BCUT2D eigenvalue weighted by molar-refractivity contribution is 0.104. The Morgan fingerprint density at radius 3 is 2.32 bits per heavy atom. The van der Waals surface area contributed by atoms with Gasteiger partial charge in [0.05, 0.1) is 6.61 Å². The highest BCUT2D eigenvalue weighted by Crippen LogP contribution is 2.14. The van der Waals surface area contributed by atoms with Crippen LogP contribution in [0.15, 0.2) is 54.6 Å². The molecule has 0 aliphatic carbocycles. The molecule has 132 valence electrons. The molecule has 2 aromatic rings. The number of aliphatic hydroxyl groups is 1. The van der Waals surface area contributed by atoms with E-state index in [0.717, 1.165) is 37.0 Å². The predicted octanol–water partition coefficient (Wildman–Crippen LogP) is 4.65. The van der Waals surface area contributed by atoms with E-state index in [9.17, 15) is 9.18 Å². The number of hydrogen-bond acceptors (Lipinski definition) is 3. The lowest BCUT2D eigenvalue weighted by Gasteiger charge is -2.06. The topological polar surface area (TPSA) is 46.5 Å². The van der Waals surface area contributed by atoms with Crippen LogP contribution < -0.4 is 4.74 Å². The zero-order valence-electron chi connectivity index (χ0n) is 14.2. The van der Waals surface area contributed by atoms with Crippen LogP contribution in [-0.4, -0.2) is 24.1 Å². The summed E-state index contributed by atoms with van der Waals surface area (Å²) in [6.45, 7) is 0.870. The maximum absolute atomic E-state index is 12.8. The summed E-state index contributed by atoms with van der Waals surface area (Å²) in [5.41, 5.74) is 1.35. The number of ketones is 1. The van der Waals surface area contributed by atoms with E-state index in [0.29, 0.717) is 12.2 Å². The first-order valence-electron chi connectivity index (χ1n) is 8.51. The van der Waals surface area contributed by atoms with Gasteiger partial charge in [0.1, 0.15) is 11.6 Å². The van der Waals surface area contributed by atoms with Gasteiger partial charge >= 0.3 is 0 Å². The molecule has 0 spiro atoms. The lowest BCUT2D eigenvalue weighted by Crippen LogP contribution is -1.99. The molecule has 4 heteroatoms. The van der Waals surface area contributed by atoms with Crippen LogP contribution >= 0.6 is 0 Å². The number of allylic oxidation sites excluding steroid dienone is 1. The van der Waals surface area contributed by atoms with Gasteiger partial charge < -0.3 is 9.84 Å². The molecule has 1 N–H and O–H groups in total. The number of unbranched alkanes of at least 4 members (excludes halogenated alkanes) is 3. The number of hydrogen-bond donors (Lipinski definition) is 1. The molecular weight excluding hydrogens is 319 g/mol. The smallest absolute Gasteiger partial charge is 0.185 e. The first-order chi connectivity index (χ1) is 12.2. The Balaban J connectivity index is 1.80. The Kier molecular flexibility index (Phi) is 7.86. The molecular formula is C21H23FO3. The Bertz CT molecular complexity index is 675. The highest BCUT2D eigenvalue weighted by molar-refractivity contribution is 6.06. The van der Waals surface area contributed by atoms with Crippen molar-refractivity contribution in [3.63, 3.8) is 0 Å². The number of halogens is 1. The van der Waals surface area contributed by atoms with E-state index in [4.69, 9.17) is 9.84 Å². The molecule has 0 unspecified atom stereocenters. The third-order valence-corrected chi connectivity index (χ3v) is 3.76. The first-order valence-corrected chi connectivity index (χ1v) is 8.51. The minimum absolute atomic E-state index is 0.111. The van der Waals surface area contributed by atoms with Crippen molar-refractivity contribution in [3.05, 3.63) is 71.6 Å².